The summed E-state index contributed by atoms with van der Waals surface area (Å²) >= 11 is 0. The van der Waals surface area contributed by atoms with E-state index < -0.39 is 11.9 Å². The molecule has 4 nitrogen and oxygen atoms in total. The predicted molar refractivity (Wildman–Crippen MR) is 76.9 cm³/mol. The van der Waals surface area contributed by atoms with Crippen molar-refractivity contribution >= 4 is 5.82 Å². The summed E-state index contributed by atoms with van der Waals surface area (Å²) in [5.41, 5.74) is -0.827. The molecular weight excluding hydrogens is 295 g/mol. The average molecular weight is 315 g/mol. The van der Waals surface area contributed by atoms with E-state index in [1.165, 1.54) is 6.07 Å². The minimum atomic E-state index is -4.39. The van der Waals surface area contributed by atoms with Gasteiger partial charge in [-0.15, -0.1) is 0 Å². The lowest BCUT2D eigenvalue weighted by molar-refractivity contribution is -0.141. The number of hydrogen-bond acceptors (Lipinski definition) is 4. The molecule has 7 heteroatoms. The zero-order valence-corrected chi connectivity index (χ0v) is 12.4. The van der Waals surface area contributed by atoms with Crippen molar-refractivity contribution in [2.75, 3.05) is 44.2 Å². The molecule has 0 saturated carbocycles. The molecule has 0 unspecified atom stereocenters. The number of hydrogen-bond donors (Lipinski definition) is 0. The van der Waals surface area contributed by atoms with E-state index in [2.05, 4.69) is 9.88 Å². The monoisotopic (exact) mass is 315 g/mol. The van der Waals surface area contributed by atoms with Crippen molar-refractivity contribution in [3.05, 3.63) is 23.9 Å². The number of alkyl halides is 3. The molecule has 0 bridgehead atoms. The Morgan fingerprint density at radius 3 is 2.59 bits per heavy atom. The van der Waals surface area contributed by atoms with Crippen LogP contribution < -0.4 is 4.90 Å². The molecule has 2 aliphatic heterocycles. The van der Waals surface area contributed by atoms with Crippen molar-refractivity contribution in [1.82, 2.24) is 9.88 Å². The van der Waals surface area contributed by atoms with E-state index in [4.69, 9.17) is 4.74 Å². The van der Waals surface area contributed by atoms with Crippen LogP contribution in [0.2, 0.25) is 0 Å². The third-order valence-electron chi connectivity index (χ3n) is 4.21. The minimum absolute atomic E-state index is 0.318. The van der Waals surface area contributed by atoms with Crippen molar-refractivity contribution in [3.8, 4) is 0 Å². The van der Waals surface area contributed by atoms with Gasteiger partial charge in [0, 0.05) is 39.3 Å². The molecular formula is C15H20F3N3O. The molecule has 2 saturated heterocycles. The molecule has 22 heavy (non-hydrogen) atoms. The van der Waals surface area contributed by atoms with Crippen LogP contribution in [-0.4, -0.2) is 55.3 Å². The Bertz CT molecular complexity index is 495. The summed E-state index contributed by atoms with van der Waals surface area (Å²) < 4.78 is 43.8. The number of piperazine rings is 1. The molecule has 0 aromatic carbocycles. The maximum atomic E-state index is 12.7. The number of rotatable bonds is 3. The van der Waals surface area contributed by atoms with Crippen LogP contribution in [-0.2, 0) is 10.9 Å². The van der Waals surface area contributed by atoms with Gasteiger partial charge in [0.15, 0.2) is 0 Å². The van der Waals surface area contributed by atoms with Crippen LogP contribution in [0.4, 0.5) is 19.0 Å². The van der Waals surface area contributed by atoms with E-state index in [0.29, 0.717) is 25.0 Å². The van der Waals surface area contributed by atoms with Crippen molar-refractivity contribution in [2.45, 2.75) is 25.1 Å². The molecule has 0 amide bonds. The SMILES string of the molecule is FC(F)(F)c1cccc(N2CCN(C[C@@H]3CCCO3)CC2)n1. The largest absolute Gasteiger partial charge is 0.433 e. The van der Waals surface area contributed by atoms with Crippen molar-refractivity contribution in [2.24, 2.45) is 0 Å². The van der Waals surface area contributed by atoms with Crippen LogP contribution >= 0.6 is 0 Å². The summed E-state index contributed by atoms with van der Waals surface area (Å²) in [7, 11) is 0. The lowest BCUT2D eigenvalue weighted by atomic mass is 10.2. The number of aromatic nitrogens is 1. The molecule has 0 radical (unpaired) electrons. The smallest absolute Gasteiger partial charge is 0.377 e. The first-order valence-corrected chi connectivity index (χ1v) is 7.65. The predicted octanol–water partition coefficient (Wildman–Crippen LogP) is 2.40. The number of nitrogens with zero attached hydrogens (tertiary/aromatic N) is 3. The summed E-state index contributed by atoms with van der Waals surface area (Å²) in [6, 6.07) is 4.08. The van der Waals surface area contributed by atoms with Crippen LogP contribution in [0, 0.1) is 0 Å². The average Bonchev–Trinajstić information content (AvgIpc) is 3.00. The van der Waals surface area contributed by atoms with Gasteiger partial charge in [-0.25, -0.2) is 4.98 Å². The Kier molecular flexibility index (Phi) is 4.54. The number of ether oxygens (including phenoxy) is 1. The van der Waals surface area contributed by atoms with Gasteiger partial charge in [0.2, 0.25) is 0 Å². The van der Waals surface area contributed by atoms with Gasteiger partial charge in [-0.1, -0.05) is 6.07 Å². The van der Waals surface area contributed by atoms with Gasteiger partial charge in [0.1, 0.15) is 11.5 Å². The van der Waals surface area contributed by atoms with E-state index >= 15 is 0 Å². The van der Waals surface area contributed by atoms with Gasteiger partial charge in [-0.05, 0) is 25.0 Å². The maximum Gasteiger partial charge on any atom is 0.433 e. The van der Waals surface area contributed by atoms with Crippen LogP contribution in [0.25, 0.3) is 0 Å². The van der Waals surface area contributed by atoms with Gasteiger partial charge in [-0.3, -0.25) is 4.90 Å². The highest BCUT2D eigenvalue weighted by Crippen LogP contribution is 2.29. The zero-order valence-electron chi connectivity index (χ0n) is 12.4. The molecule has 1 aromatic heterocycles. The van der Waals surface area contributed by atoms with E-state index in [1.54, 1.807) is 6.07 Å². The first kappa shape index (κ1) is 15.6. The van der Waals surface area contributed by atoms with Gasteiger partial charge < -0.3 is 9.64 Å². The van der Waals surface area contributed by atoms with Crippen LogP contribution in [0.1, 0.15) is 18.5 Å². The highest BCUT2D eigenvalue weighted by Gasteiger charge is 2.33. The lowest BCUT2D eigenvalue weighted by Gasteiger charge is -2.36. The first-order chi connectivity index (χ1) is 10.5. The minimum Gasteiger partial charge on any atom is -0.377 e. The fourth-order valence-corrected chi connectivity index (χ4v) is 2.99. The summed E-state index contributed by atoms with van der Waals surface area (Å²) in [6.45, 7) is 4.82. The van der Waals surface area contributed by atoms with E-state index in [0.717, 1.165) is 45.1 Å². The molecule has 122 valence electrons. The molecule has 2 aliphatic rings. The molecule has 3 heterocycles. The summed E-state index contributed by atoms with van der Waals surface area (Å²) in [5.74, 6) is 0.409. The fraction of sp³-hybridized carbons (Fsp3) is 0.667. The quantitative estimate of drug-likeness (QED) is 0.856. The van der Waals surface area contributed by atoms with Crippen molar-refractivity contribution in [3.63, 3.8) is 0 Å². The summed E-state index contributed by atoms with van der Waals surface area (Å²) in [6.07, 6.45) is -1.84. The Labute approximate surface area is 127 Å². The Hall–Kier alpha value is -1.34. The first-order valence-electron chi connectivity index (χ1n) is 7.65. The second-order valence-electron chi connectivity index (χ2n) is 5.80. The second-order valence-corrected chi connectivity index (χ2v) is 5.80. The Balaban J connectivity index is 1.57. The van der Waals surface area contributed by atoms with Gasteiger partial charge in [-0.2, -0.15) is 13.2 Å². The zero-order chi connectivity index (χ0) is 15.6. The third-order valence-corrected chi connectivity index (χ3v) is 4.21. The van der Waals surface area contributed by atoms with Crippen molar-refractivity contribution < 1.29 is 17.9 Å². The topological polar surface area (TPSA) is 28.6 Å². The van der Waals surface area contributed by atoms with Crippen LogP contribution in [0.3, 0.4) is 0 Å². The van der Waals surface area contributed by atoms with Crippen molar-refractivity contribution in [1.29, 1.82) is 0 Å². The molecule has 0 N–H and O–H groups in total. The lowest BCUT2D eigenvalue weighted by Crippen LogP contribution is -2.48. The highest BCUT2D eigenvalue weighted by molar-refractivity contribution is 5.40. The van der Waals surface area contributed by atoms with E-state index in [-0.39, 0.29) is 0 Å². The molecule has 1 aromatic rings. The Morgan fingerprint density at radius 2 is 1.95 bits per heavy atom. The van der Waals surface area contributed by atoms with Crippen LogP contribution in [0.5, 0.6) is 0 Å². The standard InChI is InChI=1S/C15H20F3N3O/c16-15(17,18)13-4-1-5-14(19-13)21-8-6-20(7-9-21)11-12-3-2-10-22-12/h1,4-5,12H,2-3,6-11H2/t12-/m0/s1. The number of halogens is 3. The van der Waals surface area contributed by atoms with E-state index in [1.807, 2.05) is 4.90 Å². The van der Waals surface area contributed by atoms with Crippen LogP contribution in [0.15, 0.2) is 18.2 Å². The maximum absolute atomic E-state index is 12.7. The fourth-order valence-electron chi connectivity index (χ4n) is 2.99. The van der Waals surface area contributed by atoms with Gasteiger partial charge >= 0.3 is 6.18 Å². The summed E-state index contributed by atoms with van der Waals surface area (Å²) in [5, 5.41) is 0. The third kappa shape index (κ3) is 3.70. The number of anilines is 1. The summed E-state index contributed by atoms with van der Waals surface area (Å²) in [4.78, 5) is 7.99. The molecule has 2 fully saturated rings. The highest BCUT2D eigenvalue weighted by atomic mass is 19.4. The van der Waals surface area contributed by atoms with E-state index in [9.17, 15) is 13.2 Å². The molecule has 3 rings (SSSR count). The van der Waals surface area contributed by atoms with Gasteiger partial charge in [0.25, 0.3) is 0 Å². The Morgan fingerprint density at radius 1 is 1.18 bits per heavy atom. The molecule has 0 spiro atoms. The van der Waals surface area contributed by atoms with Gasteiger partial charge in [0.05, 0.1) is 6.10 Å². The molecule has 1 atom stereocenters. The molecule has 0 aliphatic carbocycles. The second kappa shape index (κ2) is 6.42. The number of pyridine rings is 1. The normalized spacial score (nSPS) is 24.0.